The van der Waals surface area contributed by atoms with Gasteiger partial charge in [0.15, 0.2) is 0 Å². The maximum atomic E-state index is 13.4. The van der Waals surface area contributed by atoms with Gasteiger partial charge in [-0.1, -0.05) is 27.5 Å². The number of rotatable bonds is 3. The molecule has 2 aromatic rings. The number of amides is 1. The first-order valence-corrected chi connectivity index (χ1v) is 6.77. The monoisotopic (exact) mass is 354 g/mol. The third-order valence-electron chi connectivity index (χ3n) is 2.43. The van der Waals surface area contributed by atoms with Crippen LogP contribution in [0.2, 0.25) is 5.02 Å². The van der Waals surface area contributed by atoms with E-state index in [1.807, 2.05) is 0 Å². The van der Waals surface area contributed by atoms with Gasteiger partial charge in [0.25, 0.3) is 5.91 Å². The van der Waals surface area contributed by atoms with Gasteiger partial charge in [-0.3, -0.25) is 4.79 Å². The van der Waals surface area contributed by atoms with Crippen LogP contribution in [-0.4, -0.2) is 12.1 Å². The molecule has 0 unspecified atom stereocenters. The normalized spacial score (nSPS) is 10.8. The van der Waals surface area contributed by atoms with E-state index < -0.39 is 11.7 Å². The van der Waals surface area contributed by atoms with Crippen molar-refractivity contribution in [3.63, 3.8) is 0 Å². The highest BCUT2D eigenvalue weighted by Crippen LogP contribution is 2.14. The van der Waals surface area contributed by atoms with Gasteiger partial charge in [-0.15, -0.1) is 0 Å². The molecule has 3 nitrogen and oxygen atoms in total. The van der Waals surface area contributed by atoms with Crippen LogP contribution in [0.25, 0.3) is 0 Å². The third-order valence-corrected chi connectivity index (χ3v) is 3.18. The molecule has 0 radical (unpaired) electrons. The van der Waals surface area contributed by atoms with Crippen molar-refractivity contribution < 1.29 is 9.18 Å². The van der Waals surface area contributed by atoms with Gasteiger partial charge in [-0.05, 0) is 42.5 Å². The molecule has 102 valence electrons. The topological polar surface area (TPSA) is 41.5 Å². The molecule has 0 fully saturated rings. The fourth-order valence-corrected chi connectivity index (χ4v) is 1.94. The Morgan fingerprint density at radius 3 is 2.65 bits per heavy atom. The smallest absolute Gasteiger partial charge is 0.267 e. The number of nitrogens with one attached hydrogen (secondary N) is 1. The van der Waals surface area contributed by atoms with E-state index in [9.17, 15) is 9.18 Å². The third kappa shape index (κ3) is 3.88. The zero-order valence-electron chi connectivity index (χ0n) is 10.1. The van der Waals surface area contributed by atoms with Crippen molar-refractivity contribution in [2.24, 2.45) is 5.10 Å². The number of benzene rings is 2. The SMILES string of the molecule is O=C(N/N=C/c1cc(Br)ccc1F)c1ccc(Cl)cc1. The van der Waals surface area contributed by atoms with E-state index in [0.717, 1.165) is 4.47 Å². The van der Waals surface area contributed by atoms with Gasteiger partial charge in [0.2, 0.25) is 0 Å². The van der Waals surface area contributed by atoms with Gasteiger partial charge in [0.1, 0.15) is 5.82 Å². The molecule has 0 aromatic heterocycles. The zero-order valence-corrected chi connectivity index (χ0v) is 12.5. The lowest BCUT2D eigenvalue weighted by Gasteiger charge is -2.00. The summed E-state index contributed by atoms with van der Waals surface area (Å²) in [6.45, 7) is 0. The Morgan fingerprint density at radius 2 is 1.95 bits per heavy atom. The second kappa shape index (κ2) is 6.63. The molecule has 0 saturated carbocycles. The molecule has 0 atom stereocenters. The summed E-state index contributed by atoms with van der Waals surface area (Å²) in [7, 11) is 0. The van der Waals surface area contributed by atoms with E-state index in [1.165, 1.54) is 12.3 Å². The molecule has 0 heterocycles. The van der Waals surface area contributed by atoms with Crippen LogP contribution in [0.15, 0.2) is 52.0 Å². The molecule has 1 amide bonds. The molecular weight excluding hydrogens is 347 g/mol. The average Bonchev–Trinajstić information content (AvgIpc) is 2.43. The van der Waals surface area contributed by atoms with Gasteiger partial charge in [0, 0.05) is 20.6 Å². The number of halogens is 3. The first-order chi connectivity index (χ1) is 9.56. The summed E-state index contributed by atoms with van der Waals surface area (Å²) >= 11 is 8.96. The van der Waals surface area contributed by atoms with Crippen LogP contribution in [-0.2, 0) is 0 Å². The molecule has 2 aromatic carbocycles. The summed E-state index contributed by atoms with van der Waals surface area (Å²) in [4.78, 5) is 11.7. The zero-order chi connectivity index (χ0) is 14.5. The van der Waals surface area contributed by atoms with Gasteiger partial charge in [-0.2, -0.15) is 5.10 Å². The van der Waals surface area contributed by atoms with Crippen LogP contribution in [0.4, 0.5) is 4.39 Å². The fraction of sp³-hybridized carbons (Fsp3) is 0. The van der Waals surface area contributed by atoms with Crippen LogP contribution in [0, 0.1) is 5.82 Å². The van der Waals surface area contributed by atoms with Crippen LogP contribution in [0.3, 0.4) is 0 Å². The predicted molar refractivity (Wildman–Crippen MR) is 80.6 cm³/mol. The lowest BCUT2D eigenvalue weighted by molar-refractivity contribution is 0.0955. The number of hydrazone groups is 1. The number of hydrogen-bond donors (Lipinski definition) is 1. The quantitative estimate of drug-likeness (QED) is 0.656. The van der Waals surface area contributed by atoms with E-state index >= 15 is 0 Å². The summed E-state index contributed by atoms with van der Waals surface area (Å²) in [5.41, 5.74) is 3.01. The van der Waals surface area contributed by atoms with Gasteiger partial charge in [0.05, 0.1) is 6.21 Å². The molecular formula is C14H9BrClFN2O. The Bertz CT molecular complexity index is 659. The highest BCUT2D eigenvalue weighted by molar-refractivity contribution is 9.10. The second-order valence-electron chi connectivity index (χ2n) is 3.87. The maximum absolute atomic E-state index is 13.4. The van der Waals surface area contributed by atoms with Crippen molar-refractivity contribution in [3.05, 3.63) is 68.9 Å². The molecule has 1 N–H and O–H groups in total. The Labute approximate surface area is 128 Å². The van der Waals surface area contributed by atoms with Gasteiger partial charge >= 0.3 is 0 Å². The standard InChI is InChI=1S/C14H9BrClFN2O/c15-11-3-6-13(17)10(7-11)8-18-19-14(20)9-1-4-12(16)5-2-9/h1-8H,(H,19,20)/b18-8+. The Balaban J connectivity index is 2.04. The largest absolute Gasteiger partial charge is 0.271 e. The van der Waals surface area contributed by atoms with Crippen molar-refractivity contribution in [2.45, 2.75) is 0 Å². The van der Waals surface area contributed by atoms with Crippen LogP contribution in [0.1, 0.15) is 15.9 Å². The highest BCUT2D eigenvalue weighted by atomic mass is 79.9. The molecule has 0 bridgehead atoms. The van der Waals surface area contributed by atoms with Crippen molar-refractivity contribution in [1.29, 1.82) is 0 Å². The number of hydrogen-bond acceptors (Lipinski definition) is 2. The van der Waals surface area contributed by atoms with Crippen molar-refractivity contribution >= 4 is 39.7 Å². The van der Waals surface area contributed by atoms with Crippen LogP contribution < -0.4 is 5.43 Å². The summed E-state index contributed by atoms with van der Waals surface area (Å²) in [6.07, 6.45) is 1.24. The number of carbonyl (C=O) groups is 1. The number of nitrogens with zero attached hydrogens (tertiary/aromatic N) is 1. The summed E-state index contributed by atoms with van der Waals surface area (Å²) in [6, 6.07) is 10.8. The van der Waals surface area contributed by atoms with Gasteiger partial charge in [-0.25, -0.2) is 9.82 Å². The minimum atomic E-state index is -0.419. The average molecular weight is 356 g/mol. The summed E-state index contributed by atoms with van der Waals surface area (Å²) < 4.78 is 14.1. The molecule has 0 saturated heterocycles. The van der Waals surface area contributed by atoms with E-state index in [-0.39, 0.29) is 5.56 Å². The molecule has 20 heavy (non-hydrogen) atoms. The Hall–Kier alpha value is -1.72. The molecule has 0 aliphatic carbocycles. The second-order valence-corrected chi connectivity index (χ2v) is 5.22. The minimum Gasteiger partial charge on any atom is -0.267 e. The molecule has 2 rings (SSSR count). The lowest BCUT2D eigenvalue weighted by Crippen LogP contribution is -2.17. The van der Waals surface area contributed by atoms with Crippen LogP contribution >= 0.6 is 27.5 Å². The summed E-state index contributed by atoms with van der Waals surface area (Å²) in [5.74, 6) is -0.814. The van der Waals surface area contributed by atoms with Crippen molar-refractivity contribution in [1.82, 2.24) is 5.43 Å². The van der Waals surface area contributed by atoms with E-state index in [1.54, 1.807) is 36.4 Å². The molecule has 0 spiro atoms. The fourth-order valence-electron chi connectivity index (χ4n) is 1.44. The predicted octanol–water partition coefficient (Wildman–Crippen LogP) is 4.01. The van der Waals surface area contributed by atoms with Gasteiger partial charge < -0.3 is 0 Å². The first-order valence-electron chi connectivity index (χ1n) is 5.60. The van der Waals surface area contributed by atoms with Crippen LogP contribution in [0.5, 0.6) is 0 Å². The Morgan fingerprint density at radius 1 is 1.25 bits per heavy atom. The first kappa shape index (κ1) is 14.7. The minimum absolute atomic E-state index is 0.274. The summed E-state index contributed by atoms with van der Waals surface area (Å²) in [5, 5.41) is 4.27. The number of carbonyl (C=O) groups excluding carboxylic acids is 1. The Kier molecular flexibility index (Phi) is 4.87. The lowest BCUT2D eigenvalue weighted by atomic mass is 10.2. The molecule has 0 aliphatic heterocycles. The van der Waals surface area contributed by atoms with E-state index in [4.69, 9.17) is 11.6 Å². The molecule has 0 aliphatic rings. The van der Waals surface area contributed by atoms with Crippen molar-refractivity contribution in [3.8, 4) is 0 Å². The van der Waals surface area contributed by atoms with Crippen molar-refractivity contribution in [2.75, 3.05) is 0 Å². The van der Waals surface area contributed by atoms with E-state index in [0.29, 0.717) is 10.6 Å². The maximum Gasteiger partial charge on any atom is 0.271 e. The van der Waals surface area contributed by atoms with E-state index in [2.05, 4.69) is 26.5 Å². The molecule has 6 heteroatoms. The highest BCUT2D eigenvalue weighted by Gasteiger charge is 2.04.